The minimum absolute atomic E-state index is 0.138. The number of fused-ring (bicyclic) bond motifs is 1. The number of oxazole rings is 1. The molecule has 0 saturated heterocycles. The van der Waals surface area contributed by atoms with E-state index < -0.39 is 0 Å². The second-order valence-corrected chi connectivity index (χ2v) is 6.87. The molecule has 0 aliphatic rings. The van der Waals surface area contributed by atoms with Crippen LogP contribution in [0.1, 0.15) is 5.89 Å². The van der Waals surface area contributed by atoms with E-state index in [1.807, 2.05) is 12.1 Å². The molecule has 26 heavy (non-hydrogen) atoms. The van der Waals surface area contributed by atoms with Crippen molar-refractivity contribution >= 4 is 45.7 Å². The van der Waals surface area contributed by atoms with Gasteiger partial charge in [-0.2, -0.15) is 0 Å². The van der Waals surface area contributed by atoms with Crippen molar-refractivity contribution in [2.45, 2.75) is 6.54 Å². The predicted octanol–water partition coefficient (Wildman–Crippen LogP) is 5.06. The number of hydrogen-bond acceptors (Lipinski definition) is 4. The lowest BCUT2D eigenvalue weighted by molar-refractivity contribution is 0.484. The largest absolute Gasteiger partial charge is 0.439 e. The molecule has 4 rings (SSSR count). The third-order valence-corrected chi connectivity index (χ3v) is 4.59. The average Bonchev–Trinajstić information content (AvgIpc) is 3.07. The Labute approximate surface area is 162 Å². The molecule has 2 aromatic carbocycles. The molecule has 0 amide bonds. The van der Waals surface area contributed by atoms with Crippen LogP contribution in [0.15, 0.2) is 58.1 Å². The van der Waals surface area contributed by atoms with Crippen LogP contribution in [0.3, 0.4) is 0 Å². The first kappa shape index (κ1) is 17.1. The molecule has 0 atom stereocenters. The van der Waals surface area contributed by atoms with Crippen LogP contribution in [0.4, 0.5) is 0 Å². The quantitative estimate of drug-likeness (QED) is 0.477. The van der Waals surface area contributed by atoms with Gasteiger partial charge in [0.25, 0.3) is 5.56 Å². The van der Waals surface area contributed by atoms with Crippen molar-refractivity contribution in [2.24, 2.45) is 0 Å². The summed E-state index contributed by atoms with van der Waals surface area (Å²) in [5.74, 6) is 0.968. The van der Waals surface area contributed by atoms with Crippen LogP contribution >= 0.6 is 34.8 Å². The van der Waals surface area contributed by atoms with Gasteiger partial charge in [0.15, 0.2) is 5.76 Å². The fourth-order valence-corrected chi connectivity index (χ4v) is 3.25. The van der Waals surface area contributed by atoms with Crippen LogP contribution in [-0.2, 0) is 6.54 Å². The highest BCUT2D eigenvalue weighted by Gasteiger charge is 2.12. The zero-order valence-corrected chi connectivity index (χ0v) is 15.4. The van der Waals surface area contributed by atoms with Crippen molar-refractivity contribution in [1.29, 1.82) is 0 Å². The Morgan fingerprint density at radius 3 is 2.54 bits per heavy atom. The van der Waals surface area contributed by atoms with Gasteiger partial charge in [-0.05, 0) is 36.4 Å². The smallest absolute Gasteiger partial charge is 0.261 e. The van der Waals surface area contributed by atoms with Crippen LogP contribution in [0.5, 0.6) is 0 Å². The first-order chi connectivity index (χ1) is 12.5. The Kier molecular flexibility index (Phi) is 4.44. The summed E-state index contributed by atoms with van der Waals surface area (Å²) in [4.78, 5) is 21.1. The van der Waals surface area contributed by atoms with Crippen LogP contribution < -0.4 is 5.56 Å². The molecule has 130 valence electrons. The maximum Gasteiger partial charge on any atom is 0.261 e. The molecule has 5 nitrogen and oxygen atoms in total. The van der Waals surface area contributed by atoms with Gasteiger partial charge in [0.05, 0.1) is 28.4 Å². The van der Waals surface area contributed by atoms with E-state index in [2.05, 4.69) is 9.97 Å². The van der Waals surface area contributed by atoms with Gasteiger partial charge in [-0.25, -0.2) is 9.97 Å². The Morgan fingerprint density at radius 2 is 1.77 bits per heavy atom. The van der Waals surface area contributed by atoms with Crippen molar-refractivity contribution in [3.63, 3.8) is 0 Å². The highest BCUT2D eigenvalue weighted by molar-refractivity contribution is 6.38. The van der Waals surface area contributed by atoms with E-state index in [1.165, 1.54) is 10.9 Å². The summed E-state index contributed by atoms with van der Waals surface area (Å²) in [7, 11) is 0. The van der Waals surface area contributed by atoms with E-state index >= 15 is 0 Å². The summed E-state index contributed by atoms with van der Waals surface area (Å²) >= 11 is 18.0. The van der Waals surface area contributed by atoms with Gasteiger partial charge in [-0.15, -0.1) is 0 Å². The number of aromatic nitrogens is 3. The maximum atomic E-state index is 12.7. The van der Waals surface area contributed by atoms with E-state index in [1.54, 1.807) is 30.5 Å². The molecule has 0 saturated carbocycles. The zero-order valence-electron chi connectivity index (χ0n) is 13.1. The maximum absolute atomic E-state index is 12.7. The van der Waals surface area contributed by atoms with Crippen molar-refractivity contribution in [2.75, 3.05) is 0 Å². The van der Waals surface area contributed by atoms with Gasteiger partial charge in [0.1, 0.15) is 6.54 Å². The molecule has 0 fully saturated rings. The van der Waals surface area contributed by atoms with Gasteiger partial charge in [0.2, 0.25) is 5.89 Å². The third-order valence-electron chi connectivity index (χ3n) is 3.83. The summed E-state index contributed by atoms with van der Waals surface area (Å²) in [6.07, 6.45) is 3.02. The summed E-state index contributed by atoms with van der Waals surface area (Å²) in [5.41, 5.74) is 0.980. The van der Waals surface area contributed by atoms with Crippen LogP contribution in [-0.4, -0.2) is 14.5 Å². The predicted molar refractivity (Wildman–Crippen MR) is 102 cm³/mol. The summed E-state index contributed by atoms with van der Waals surface area (Å²) in [6.45, 7) is 0.138. The van der Waals surface area contributed by atoms with Crippen LogP contribution in [0.2, 0.25) is 15.1 Å². The summed E-state index contributed by atoms with van der Waals surface area (Å²) in [6, 6.07) is 10.3. The van der Waals surface area contributed by atoms with E-state index in [9.17, 15) is 4.79 Å². The van der Waals surface area contributed by atoms with E-state index in [4.69, 9.17) is 39.2 Å². The molecule has 4 aromatic rings. The molecule has 0 bridgehead atoms. The van der Waals surface area contributed by atoms with Crippen molar-refractivity contribution in [3.05, 3.63) is 80.2 Å². The van der Waals surface area contributed by atoms with E-state index in [-0.39, 0.29) is 12.1 Å². The lowest BCUT2D eigenvalue weighted by Crippen LogP contribution is -2.21. The molecular weight excluding hydrogens is 397 g/mol. The average molecular weight is 407 g/mol. The first-order valence-electron chi connectivity index (χ1n) is 7.56. The monoisotopic (exact) mass is 405 g/mol. The highest BCUT2D eigenvalue weighted by Crippen LogP contribution is 2.25. The molecular formula is C18H10Cl3N3O2. The lowest BCUT2D eigenvalue weighted by Gasteiger charge is -2.05. The molecule has 0 spiro atoms. The minimum atomic E-state index is -0.273. The number of rotatable bonds is 3. The Bertz CT molecular complexity index is 1170. The van der Waals surface area contributed by atoms with Crippen molar-refractivity contribution < 1.29 is 4.42 Å². The summed E-state index contributed by atoms with van der Waals surface area (Å²) in [5, 5.41) is 1.69. The molecule has 0 radical (unpaired) electrons. The van der Waals surface area contributed by atoms with E-state index in [0.717, 1.165) is 5.56 Å². The molecule has 0 unspecified atom stereocenters. The Hall–Kier alpha value is -2.34. The third kappa shape index (κ3) is 3.21. The molecule has 2 heterocycles. The lowest BCUT2D eigenvalue weighted by atomic mass is 10.2. The fourth-order valence-electron chi connectivity index (χ4n) is 2.58. The second kappa shape index (κ2) is 6.76. The second-order valence-electron chi connectivity index (χ2n) is 5.59. The van der Waals surface area contributed by atoms with Gasteiger partial charge in [-0.1, -0.05) is 34.8 Å². The van der Waals surface area contributed by atoms with Crippen molar-refractivity contribution in [1.82, 2.24) is 14.5 Å². The Morgan fingerprint density at radius 1 is 1.00 bits per heavy atom. The molecule has 0 aliphatic carbocycles. The van der Waals surface area contributed by atoms with Crippen LogP contribution in [0, 0.1) is 0 Å². The van der Waals surface area contributed by atoms with Crippen LogP contribution in [0.25, 0.3) is 22.2 Å². The zero-order chi connectivity index (χ0) is 18.3. The fraction of sp³-hybridized carbons (Fsp3) is 0.0556. The number of hydrogen-bond donors (Lipinski definition) is 0. The topological polar surface area (TPSA) is 60.9 Å². The molecule has 2 aromatic heterocycles. The standard InChI is InChI=1S/C18H10Cl3N3O2/c19-11-3-1-10(2-4-11)15-7-22-16(26-15)8-24-9-23-17-13(18(24)25)5-12(20)6-14(17)21/h1-7,9H,8H2. The van der Waals surface area contributed by atoms with Crippen molar-refractivity contribution in [3.8, 4) is 11.3 Å². The van der Waals surface area contributed by atoms with Gasteiger partial charge in [0, 0.05) is 15.6 Å². The Balaban J connectivity index is 1.69. The van der Waals surface area contributed by atoms with Gasteiger partial charge < -0.3 is 4.42 Å². The minimum Gasteiger partial charge on any atom is -0.439 e. The van der Waals surface area contributed by atoms with Gasteiger partial charge >= 0.3 is 0 Å². The highest BCUT2D eigenvalue weighted by atomic mass is 35.5. The van der Waals surface area contributed by atoms with Gasteiger partial charge in [-0.3, -0.25) is 9.36 Å². The molecule has 0 aliphatic heterocycles. The SMILES string of the molecule is O=c1c2cc(Cl)cc(Cl)c2ncn1Cc1ncc(-c2ccc(Cl)cc2)o1. The number of halogens is 3. The molecule has 0 N–H and O–H groups in total. The number of nitrogens with zero attached hydrogens (tertiary/aromatic N) is 3. The molecule has 8 heteroatoms. The normalized spacial score (nSPS) is 11.2. The summed E-state index contributed by atoms with van der Waals surface area (Å²) < 4.78 is 7.13. The first-order valence-corrected chi connectivity index (χ1v) is 8.69. The number of benzene rings is 2. The van der Waals surface area contributed by atoms with E-state index in [0.29, 0.717) is 37.6 Å².